The van der Waals surface area contributed by atoms with Crippen molar-refractivity contribution in [1.29, 1.82) is 0 Å². The van der Waals surface area contributed by atoms with E-state index in [0.717, 1.165) is 23.2 Å². The zero-order chi connectivity index (χ0) is 28.6. The highest BCUT2D eigenvalue weighted by Crippen LogP contribution is 2.36. The van der Waals surface area contributed by atoms with Gasteiger partial charge >= 0.3 is 0 Å². The standard InChI is InChI=1S/C29H29F2N9O/c1-19-2-7-23(24(31)12-19)29(41,15-39-17-33-16-36-39)14-38-11-9-22(13-38)40-18-35-26(20-3-5-21(30)6-4-20)27(40)25-8-10-34-28(32)37-25/h2-8,10,12,16-18,22,41H,9,11,13-15H2,1H3,(H2,32,34,37). The van der Waals surface area contributed by atoms with E-state index in [1.165, 1.54) is 35.5 Å². The number of halogens is 2. The van der Waals surface area contributed by atoms with E-state index in [-0.39, 0.29) is 36.5 Å². The molecule has 12 heteroatoms. The van der Waals surface area contributed by atoms with E-state index in [2.05, 4.69) is 29.9 Å². The Hall–Kier alpha value is -4.55. The minimum Gasteiger partial charge on any atom is -0.382 e. The second-order valence-electron chi connectivity index (χ2n) is 10.4. The molecular weight excluding hydrogens is 528 g/mol. The maximum atomic E-state index is 15.2. The van der Waals surface area contributed by atoms with Crippen LogP contribution in [0.4, 0.5) is 14.7 Å². The molecule has 2 aromatic carbocycles. The zero-order valence-corrected chi connectivity index (χ0v) is 22.4. The number of nitrogens with two attached hydrogens (primary N) is 1. The van der Waals surface area contributed by atoms with E-state index in [4.69, 9.17) is 5.73 Å². The molecule has 0 radical (unpaired) electrons. The van der Waals surface area contributed by atoms with Gasteiger partial charge in [0.1, 0.15) is 29.9 Å². The number of hydrogen-bond donors (Lipinski definition) is 2. The second-order valence-corrected chi connectivity index (χ2v) is 10.4. The van der Waals surface area contributed by atoms with Crippen molar-refractivity contribution >= 4 is 5.95 Å². The third kappa shape index (κ3) is 5.43. The minimum absolute atomic E-state index is 0.0265. The first-order chi connectivity index (χ1) is 19.8. The molecule has 1 aliphatic rings. The number of nitrogens with zero attached hydrogens (tertiary/aromatic N) is 8. The average molecular weight is 558 g/mol. The minimum atomic E-state index is -1.56. The predicted molar refractivity (Wildman–Crippen MR) is 148 cm³/mol. The molecule has 3 N–H and O–H groups in total. The highest BCUT2D eigenvalue weighted by atomic mass is 19.1. The van der Waals surface area contributed by atoms with Gasteiger partial charge in [0.2, 0.25) is 5.95 Å². The fraction of sp³-hybridized carbons (Fsp3) is 0.276. The van der Waals surface area contributed by atoms with Crippen LogP contribution in [0.15, 0.2) is 73.7 Å². The van der Waals surface area contributed by atoms with Crippen LogP contribution in [0, 0.1) is 18.6 Å². The molecule has 10 nitrogen and oxygen atoms in total. The van der Waals surface area contributed by atoms with E-state index < -0.39 is 11.4 Å². The molecule has 4 heterocycles. The van der Waals surface area contributed by atoms with Crippen molar-refractivity contribution in [3.05, 3.63) is 96.5 Å². The van der Waals surface area contributed by atoms with Crippen LogP contribution < -0.4 is 5.73 Å². The van der Waals surface area contributed by atoms with Gasteiger partial charge < -0.3 is 15.4 Å². The number of imidazole rings is 1. The number of hydrogen-bond acceptors (Lipinski definition) is 8. The van der Waals surface area contributed by atoms with Crippen molar-refractivity contribution < 1.29 is 13.9 Å². The smallest absolute Gasteiger partial charge is 0.220 e. The molecule has 2 unspecified atom stereocenters. The number of aromatic nitrogens is 7. The lowest BCUT2D eigenvalue weighted by Gasteiger charge is -2.33. The summed E-state index contributed by atoms with van der Waals surface area (Å²) in [6.45, 7) is 3.26. The van der Waals surface area contributed by atoms with Crippen molar-refractivity contribution in [2.24, 2.45) is 0 Å². The quantitative estimate of drug-likeness (QED) is 0.297. The van der Waals surface area contributed by atoms with Gasteiger partial charge in [0.05, 0.1) is 30.0 Å². The van der Waals surface area contributed by atoms with Crippen LogP contribution in [0.25, 0.3) is 22.6 Å². The van der Waals surface area contributed by atoms with Crippen LogP contribution in [0.1, 0.15) is 23.6 Å². The van der Waals surface area contributed by atoms with Crippen LogP contribution in [0.3, 0.4) is 0 Å². The van der Waals surface area contributed by atoms with Gasteiger partial charge in [-0.05, 0) is 55.3 Å². The number of benzene rings is 2. The zero-order valence-electron chi connectivity index (χ0n) is 22.4. The van der Waals surface area contributed by atoms with Gasteiger partial charge in [-0.1, -0.05) is 12.1 Å². The Kier molecular flexibility index (Phi) is 7.01. The van der Waals surface area contributed by atoms with Gasteiger partial charge in [0, 0.05) is 43.0 Å². The maximum Gasteiger partial charge on any atom is 0.220 e. The number of nitrogen functional groups attached to an aromatic ring is 1. The summed E-state index contributed by atoms with van der Waals surface area (Å²) in [5, 5.41) is 16.1. The lowest BCUT2D eigenvalue weighted by atomic mass is 9.91. The lowest BCUT2D eigenvalue weighted by molar-refractivity contribution is -0.0170. The lowest BCUT2D eigenvalue weighted by Crippen LogP contribution is -2.44. The van der Waals surface area contributed by atoms with Crippen LogP contribution >= 0.6 is 0 Å². The summed E-state index contributed by atoms with van der Waals surface area (Å²) in [5.41, 5.74) is 8.06. The van der Waals surface area contributed by atoms with Crippen molar-refractivity contribution in [3.8, 4) is 22.6 Å². The van der Waals surface area contributed by atoms with Crippen LogP contribution in [-0.2, 0) is 12.1 Å². The van der Waals surface area contributed by atoms with Gasteiger partial charge in [0.15, 0.2) is 0 Å². The molecule has 2 atom stereocenters. The van der Waals surface area contributed by atoms with Crippen molar-refractivity contribution in [3.63, 3.8) is 0 Å². The molecule has 3 aromatic heterocycles. The van der Waals surface area contributed by atoms with Crippen LogP contribution in [-0.4, -0.2) is 63.9 Å². The molecular formula is C29H29F2N9O. The first-order valence-corrected chi connectivity index (χ1v) is 13.2. The Morgan fingerprint density at radius 2 is 1.88 bits per heavy atom. The number of likely N-dealkylation sites (tertiary alicyclic amines) is 1. The SMILES string of the molecule is Cc1ccc(C(O)(CN2CCC(n3cnc(-c4ccc(F)cc4)c3-c3ccnc(N)n3)C2)Cn2cncn2)c(F)c1. The van der Waals surface area contributed by atoms with Crippen LogP contribution in [0.2, 0.25) is 0 Å². The van der Waals surface area contributed by atoms with Crippen LogP contribution in [0.5, 0.6) is 0 Å². The second kappa shape index (κ2) is 10.8. The molecule has 0 aliphatic carbocycles. The fourth-order valence-corrected chi connectivity index (χ4v) is 5.57. The molecule has 210 valence electrons. The fourth-order valence-electron chi connectivity index (χ4n) is 5.57. The Labute approximate surface area is 235 Å². The Morgan fingerprint density at radius 1 is 1.05 bits per heavy atom. The van der Waals surface area contributed by atoms with Gasteiger partial charge in [-0.2, -0.15) is 5.10 Å². The molecule has 0 saturated carbocycles. The summed E-state index contributed by atoms with van der Waals surface area (Å²) in [5.74, 6) is -0.673. The number of β-amino-alcohol motifs (C(OH)–C–C–N with tert-alkyl or cyclic N) is 1. The molecule has 41 heavy (non-hydrogen) atoms. The predicted octanol–water partition coefficient (Wildman–Crippen LogP) is 3.60. The molecule has 1 fully saturated rings. The normalized spacial score (nSPS) is 17.1. The third-order valence-corrected chi connectivity index (χ3v) is 7.47. The summed E-state index contributed by atoms with van der Waals surface area (Å²) in [6, 6.07) is 12.7. The molecule has 1 saturated heterocycles. The van der Waals surface area contributed by atoms with E-state index >= 15 is 4.39 Å². The maximum absolute atomic E-state index is 15.2. The van der Waals surface area contributed by atoms with E-state index in [0.29, 0.717) is 24.5 Å². The highest BCUT2D eigenvalue weighted by molar-refractivity contribution is 5.77. The molecule has 0 bridgehead atoms. The number of aryl methyl sites for hydroxylation is 1. The summed E-state index contributed by atoms with van der Waals surface area (Å²) in [7, 11) is 0. The number of aliphatic hydroxyl groups is 1. The number of anilines is 1. The number of rotatable bonds is 8. The topological polar surface area (TPSA) is 124 Å². The van der Waals surface area contributed by atoms with Crippen molar-refractivity contribution in [1.82, 2.24) is 39.2 Å². The van der Waals surface area contributed by atoms with E-state index in [9.17, 15) is 9.50 Å². The van der Waals surface area contributed by atoms with E-state index in [1.54, 1.807) is 42.9 Å². The average Bonchev–Trinajstić information content (AvgIpc) is 3.70. The van der Waals surface area contributed by atoms with Gasteiger partial charge in [0.25, 0.3) is 0 Å². The monoisotopic (exact) mass is 557 g/mol. The first-order valence-electron chi connectivity index (χ1n) is 13.2. The molecule has 5 aromatic rings. The Bertz CT molecular complexity index is 1660. The molecule has 6 rings (SSSR count). The third-order valence-electron chi connectivity index (χ3n) is 7.47. The van der Waals surface area contributed by atoms with Gasteiger partial charge in [-0.15, -0.1) is 0 Å². The molecule has 0 amide bonds. The summed E-state index contributed by atoms with van der Waals surface area (Å²) >= 11 is 0. The Balaban J connectivity index is 1.32. The molecule has 1 aliphatic heterocycles. The summed E-state index contributed by atoms with van der Waals surface area (Å²) < 4.78 is 32.4. The van der Waals surface area contributed by atoms with E-state index in [1.807, 2.05) is 11.5 Å². The summed E-state index contributed by atoms with van der Waals surface area (Å²) in [6.07, 6.45) is 6.98. The molecule has 0 spiro atoms. The Morgan fingerprint density at radius 3 is 2.61 bits per heavy atom. The summed E-state index contributed by atoms with van der Waals surface area (Å²) in [4.78, 5) is 19.2. The van der Waals surface area contributed by atoms with Gasteiger partial charge in [-0.3, -0.25) is 4.90 Å². The first kappa shape index (κ1) is 26.7. The van der Waals surface area contributed by atoms with Crippen molar-refractivity contribution in [2.45, 2.75) is 31.5 Å². The van der Waals surface area contributed by atoms with Gasteiger partial charge in [-0.25, -0.2) is 33.4 Å². The largest absolute Gasteiger partial charge is 0.382 e. The highest BCUT2D eigenvalue weighted by Gasteiger charge is 2.38. The van der Waals surface area contributed by atoms with Crippen molar-refractivity contribution in [2.75, 3.05) is 25.4 Å².